The Morgan fingerprint density at radius 2 is 1.75 bits per heavy atom. The van der Waals surface area contributed by atoms with E-state index in [1.807, 2.05) is 51.1 Å². The minimum atomic E-state index is -0.228. The Bertz CT molecular complexity index is 871. The van der Waals surface area contributed by atoms with Gasteiger partial charge in [0.15, 0.2) is 0 Å². The van der Waals surface area contributed by atoms with Gasteiger partial charge in [-0.15, -0.1) is 0 Å². The first kappa shape index (κ1) is 19.9. The van der Waals surface area contributed by atoms with Gasteiger partial charge in [0.25, 0.3) is 5.91 Å². The summed E-state index contributed by atoms with van der Waals surface area (Å²) in [7, 11) is 1.59. The summed E-state index contributed by atoms with van der Waals surface area (Å²) in [5.41, 5.74) is 4.55. The van der Waals surface area contributed by atoms with Crippen molar-refractivity contribution in [2.45, 2.75) is 33.6 Å². The molecule has 28 heavy (non-hydrogen) atoms. The molecule has 0 saturated carbocycles. The second-order valence-electron chi connectivity index (χ2n) is 7.66. The summed E-state index contributed by atoms with van der Waals surface area (Å²) in [6.07, 6.45) is 1.59. The van der Waals surface area contributed by atoms with Gasteiger partial charge in [-0.1, -0.05) is 23.3 Å². The number of anilines is 1. The molecule has 2 aromatic carbocycles. The number of nitrogens with one attached hydrogen (secondary N) is 1. The predicted molar refractivity (Wildman–Crippen MR) is 111 cm³/mol. The summed E-state index contributed by atoms with van der Waals surface area (Å²) in [5.74, 6) is 0.339. The molecule has 0 aromatic heterocycles. The van der Waals surface area contributed by atoms with E-state index in [1.54, 1.807) is 12.0 Å². The molecule has 1 N–H and O–H groups in total. The highest BCUT2D eigenvalue weighted by Gasteiger charge is 2.29. The molecule has 0 aliphatic carbocycles. The molecule has 1 aliphatic rings. The topological polar surface area (TPSA) is 58.6 Å². The van der Waals surface area contributed by atoms with Gasteiger partial charge in [-0.05, 0) is 63.4 Å². The van der Waals surface area contributed by atoms with E-state index in [-0.39, 0.29) is 17.7 Å². The van der Waals surface area contributed by atoms with Crippen LogP contribution in [-0.2, 0) is 4.79 Å². The van der Waals surface area contributed by atoms with Crippen molar-refractivity contribution in [3.8, 4) is 5.75 Å². The number of carbonyl (C=O) groups excluding carboxylic acids is 2. The predicted octanol–water partition coefficient (Wildman–Crippen LogP) is 4.11. The van der Waals surface area contributed by atoms with Crippen LogP contribution in [0.4, 0.5) is 5.69 Å². The Morgan fingerprint density at radius 3 is 2.43 bits per heavy atom. The number of methoxy groups -OCH3 is 1. The summed E-state index contributed by atoms with van der Waals surface area (Å²) in [6.45, 7) is 7.08. The molecule has 1 heterocycles. The van der Waals surface area contributed by atoms with Crippen molar-refractivity contribution in [3.63, 3.8) is 0 Å². The Labute approximate surface area is 166 Å². The molecule has 0 radical (unpaired) electrons. The third kappa shape index (κ3) is 4.53. The van der Waals surface area contributed by atoms with Crippen LogP contribution in [-0.4, -0.2) is 36.9 Å². The van der Waals surface area contributed by atoms with Crippen LogP contribution >= 0.6 is 0 Å². The van der Waals surface area contributed by atoms with Crippen molar-refractivity contribution < 1.29 is 14.3 Å². The lowest BCUT2D eigenvalue weighted by Crippen LogP contribution is -2.43. The molecule has 3 rings (SSSR count). The number of hydrogen-bond acceptors (Lipinski definition) is 3. The van der Waals surface area contributed by atoms with E-state index in [1.165, 1.54) is 0 Å². The van der Waals surface area contributed by atoms with Gasteiger partial charge in [0.2, 0.25) is 5.91 Å². The van der Waals surface area contributed by atoms with E-state index >= 15 is 0 Å². The van der Waals surface area contributed by atoms with Crippen LogP contribution in [0, 0.1) is 26.7 Å². The maximum absolute atomic E-state index is 12.9. The summed E-state index contributed by atoms with van der Waals surface area (Å²) in [5, 5.41) is 2.99. The van der Waals surface area contributed by atoms with Crippen LogP contribution in [0.25, 0.3) is 0 Å². The molecule has 5 nitrogen and oxygen atoms in total. The number of carbonyl (C=O) groups is 2. The summed E-state index contributed by atoms with van der Waals surface area (Å²) in [6, 6.07) is 11.6. The molecule has 148 valence electrons. The molecule has 1 saturated heterocycles. The average molecular weight is 380 g/mol. The van der Waals surface area contributed by atoms with Gasteiger partial charge in [-0.25, -0.2) is 0 Å². The molecule has 1 fully saturated rings. The SMILES string of the molecule is COc1ccc(C)cc1NC(=O)[C@H]1CCCN(C(=O)c2cc(C)cc(C)c2)C1. The molecule has 5 heteroatoms. The van der Waals surface area contributed by atoms with Crippen molar-refractivity contribution in [2.75, 3.05) is 25.5 Å². The number of nitrogens with zero attached hydrogens (tertiary/aromatic N) is 1. The zero-order chi connectivity index (χ0) is 20.3. The van der Waals surface area contributed by atoms with E-state index in [0.29, 0.717) is 30.1 Å². The van der Waals surface area contributed by atoms with Crippen LogP contribution in [0.15, 0.2) is 36.4 Å². The molecule has 2 amide bonds. The number of piperidine rings is 1. The lowest BCUT2D eigenvalue weighted by molar-refractivity contribution is -0.121. The van der Waals surface area contributed by atoms with E-state index < -0.39 is 0 Å². The first-order valence-electron chi connectivity index (χ1n) is 9.70. The van der Waals surface area contributed by atoms with Gasteiger partial charge in [0.05, 0.1) is 18.7 Å². The van der Waals surface area contributed by atoms with Crippen LogP contribution in [0.3, 0.4) is 0 Å². The van der Waals surface area contributed by atoms with Crippen molar-refractivity contribution in [2.24, 2.45) is 5.92 Å². The lowest BCUT2D eigenvalue weighted by atomic mass is 9.96. The van der Waals surface area contributed by atoms with Gasteiger partial charge < -0.3 is 15.0 Å². The van der Waals surface area contributed by atoms with Gasteiger partial charge in [-0.3, -0.25) is 9.59 Å². The quantitative estimate of drug-likeness (QED) is 0.868. The normalized spacial score (nSPS) is 16.6. The van der Waals surface area contributed by atoms with Crippen LogP contribution < -0.4 is 10.1 Å². The summed E-state index contributed by atoms with van der Waals surface area (Å²) >= 11 is 0. The van der Waals surface area contributed by atoms with Gasteiger partial charge in [-0.2, -0.15) is 0 Å². The van der Waals surface area contributed by atoms with Crippen LogP contribution in [0.1, 0.15) is 39.9 Å². The number of hydrogen-bond donors (Lipinski definition) is 1. The summed E-state index contributed by atoms with van der Waals surface area (Å²) < 4.78 is 5.35. The highest BCUT2D eigenvalue weighted by atomic mass is 16.5. The number of rotatable bonds is 4. The highest BCUT2D eigenvalue weighted by Crippen LogP contribution is 2.27. The Kier molecular flexibility index (Phi) is 6.02. The first-order valence-corrected chi connectivity index (χ1v) is 9.70. The molecule has 1 atom stereocenters. The van der Waals surface area contributed by atoms with E-state index in [2.05, 4.69) is 11.4 Å². The molecular weight excluding hydrogens is 352 g/mol. The first-order chi connectivity index (χ1) is 13.4. The van der Waals surface area contributed by atoms with Gasteiger partial charge in [0, 0.05) is 18.7 Å². The summed E-state index contributed by atoms with van der Waals surface area (Å²) in [4.78, 5) is 27.6. The molecule has 1 aliphatic heterocycles. The molecule has 0 bridgehead atoms. The average Bonchev–Trinajstić information content (AvgIpc) is 2.67. The minimum absolute atomic E-state index is 0.00237. The Morgan fingerprint density at radius 1 is 1.04 bits per heavy atom. The number of ether oxygens (including phenoxy) is 1. The standard InChI is InChI=1S/C23H28N2O3/c1-15-7-8-21(28-4)20(13-15)24-22(26)18-6-5-9-25(14-18)23(27)19-11-16(2)10-17(3)12-19/h7-8,10-13,18H,5-6,9,14H2,1-4H3,(H,24,26)/t18-/m0/s1. The van der Waals surface area contributed by atoms with Crippen molar-refractivity contribution in [1.29, 1.82) is 0 Å². The van der Waals surface area contributed by atoms with E-state index in [0.717, 1.165) is 29.5 Å². The monoisotopic (exact) mass is 380 g/mol. The van der Waals surface area contributed by atoms with Gasteiger partial charge in [0.1, 0.15) is 5.75 Å². The number of amides is 2. The molecule has 0 unspecified atom stereocenters. The largest absolute Gasteiger partial charge is 0.495 e. The number of likely N-dealkylation sites (tertiary alicyclic amines) is 1. The van der Waals surface area contributed by atoms with Crippen LogP contribution in [0.5, 0.6) is 5.75 Å². The van der Waals surface area contributed by atoms with Gasteiger partial charge >= 0.3 is 0 Å². The highest BCUT2D eigenvalue weighted by molar-refractivity contribution is 5.97. The van der Waals surface area contributed by atoms with Crippen molar-refractivity contribution >= 4 is 17.5 Å². The zero-order valence-electron chi connectivity index (χ0n) is 17.0. The van der Waals surface area contributed by atoms with E-state index in [4.69, 9.17) is 4.74 Å². The fourth-order valence-corrected chi connectivity index (χ4v) is 3.81. The molecule has 2 aromatic rings. The molecular formula is C23H28N2O3. The maximum Gasteiger partial charge on any atom is 0.253 e. The zero-order valence-corrected chi connectivity index (χ0v) is 17.0. The molecule has 0 spiro atoms. The van der Waals surface area contributed by atoms with E-state index in [9.17, 15) is 9.59 Å². The smallest absolute Gasteiger partial charge is 0.253 e. The fraction of sp³-hybridized carbons (Fsp3) is 0.391. The Hall–Kier alpha value is -2.82. The lowest BCUT2D eigenvalue weighted by Gasteiger charge is -2.32. The third-order valence-electron chi connectivity index (χ3n) is 5.16. The number of benzene rings is 2. The van der Waals surface area contributed by atoms with Crippen molar-refractivity contribution in [1.82, 2.24) is 4.90 Å². The Balaban J connectivity index is 1.71. The third-order valence-corrected chi connectivity index (χ3v) is 5.16. The maximum atomic E-state index is 12.9. The minimum Gasteiger partial charge on any atom is -0.495 e. The second-order valence-corrected chi connectivity index (χ2v) is 7.66. The van der Waals surface area contributed by atoms with Crippen LogP contribution in [0.2, 0.25) is 0 Å². The van der Waals surface area contributed by atoms with Crippen molar-refractivity contribution in [3.05, 3.63) is 58.7 Å². The second kappa shape index (κ2) is 8.46. The number of aryl methyl sites for hydroxylation is 3. The fourth-order valence-electron chi connectivity index (χ4n) is 3.81.